The SMILES string of the molecule is CC(O)CN1CCCNCC1C. The molecule has 0 aromatic rings. The molecule has 0 aromatic heterocycles. The van der Waals surface area contributed by atoms with Crippen LogP contribution in [0.25, 0.3) is 0 Å². The highest BCUT2D eigenvalue weighted by Crippen LogP contribution is 2.04. The summed E-state index contributed by atoms with van der Waals surface area (Å²) < 4.78 is 0. The maximum absolute atomic E-state index is 9.25. The number of nitrogens with zero attached hydrogens (tertiary/aromatic N) is 1. The van der Waals surface area contributed by atoms with Gasteiger partial charge in [0.15, 0.2) is 0 Å². The molecule has 72 valence electrons. The Kier molecular flexibility index (Phi) is 3.98. The second-order valence-electron chi connectivity index (χ2n) is 3.75. The van der Waals surface area contributed by atoms with Gasteiger partial charge in [0.25, 0.3) is 0 Å². The number of nitrogens with one attached hydrogen (secondary N) is 1. The summed E-state index contributed by atoms with van der Waals surface area (Å²) in [5, 5.41) is 12.6. The molecule has 12 heavy (non-hydrogen) atoms. The molecule has 0 bridgehead atoms. The first-order valence-electron chi connectivity index (χ1n) is 4.83. The molecule has 0 saturated carbocycles. The van der Waals surface area contributed by atoms with Crippen LogP contribution in [0.2, 0.25) is 0 Å². The van der Waals surface area contributed by atoms with Gasteiger partial charge in [-0.05, 0) is 33.4 Å². The summed E-state index contributed by atoms with van der Waals surface area (Å²) in [6, 6.07) is 0.557. The van der Waals surface area contributed by atoms with Gasteiger partial charge in [0.1, 0.15) is 0 Å². The molecule has 1 fully saturated rings. The van der Waals surface area contributed by atoms with Crippen molar-refractivity contribution in [3.63, 3.8) is 0 Å². The highest BCUT2D eigenvalue weighted by Gasteiger charge is 2.17. The maximum atomic E-state index is 9.25. The Hall–Kier alpha value is -0.120. The molecule has 0 amide bonds. The molecule has 3 nitrogen and oxygen atoms in total. The van der Waals surface area contributed by atoms with Gasteiger partial charge in [0, 0.05) is 19.1 Å². The number of rotatable bonds is 2. The molecular weight excluding hydrogens is 152 g/mol. The van der Waals surface area contributed by atoms with E-state index in [0.717, 1.165) is 26.2 Å². The highest BCUT2D eigenvalue weighted by atomic mass is 16.3. The second kappa shape index (κ2) is 4.80. The number of aliphatic hydroxyl groups is 1. The van der Waals surface area contributed by atoms with Crippen LogP contribution in [0.4, 0.5) is 0 Å². The van der Waals surface area contributed by atoms with Gasteiger partial charge in [-0.15, -0.1) is 0 Å². The van der Waals surface area contributed by atoms with Gasteiger partial charge in [0.05, 0.1) is 6.10 Å². The third kappa shape index (κ3) is 3.09. The molecule has 1 aliphatic heterocycles. The fraction of sp³-hybridized carbons (Fsp3) is 1.00. The molecule has 2 atom stereocenters. The van der Waals surface area contributed by atoms with E-state index >= 15 is 0 Å². The fourth-order valence-corrected chi connectivity index (χ4v) is 1.68. The minimum absolute atomic E-state index is 0.203. The first-order valence-corrected chi connectivity index (χ1v) is 4.83. The van der Waals surface area contributed by atoms with Crippen molar-refractivity contribution in [1.29, 1.82) is 0 Å². The molecule has 1 heterocycles. The van der Waals surface area contributed by atoms with Crippen molar-refractivity contribution >= 4 is 0 Å². The fourth-order valence-electron chi connectivity index (χ4n) is 1.68. The van der Waals surface area contributed by atoms with E-state index in [-0.39, 0.29) is 6.10 Å². The Balaban J connectivity index is 2.36. The monoisotopic (exact) mass is 172 g/mol. The van der Waals surface area contributed by atoms with Crippen molar-refractivity contribution in [1.82, 2.24) is 10.2 Å². The normalized spacial score (nSPS) is 29.8. The lowest BCUT2D eigenvalue weighted by atomic mass is 10.2. The second-order valence-corrected chi connectivity index (χ2v) is 3.75. The van der Waals surface area contributed by atoms with Crippen LogP contribution in [-0.4, -0.2) is 48.3 Å². The van der Waals surface area contributed by atoms with Gasteiger partial charge in [-0.25, -0.2) is 0 Å². The Morgan fingerprint density at radius 1 is 1.67 bits per heavy atom. The number of hydrogen-bond acceptors (Lipinski definition) is 3. The zero-order valence-corrected chi connectivity index (χ0v) is 8.08. The quantitative estimate of drug-likeness (QED) is 0.618. The van der Waals surface area contributed by atoms with Crippen molar-refractivity contribution in [3.8, 4) is 0 Å². The predicted molar refractivity (Wildman–Crippen MR) is 50.2 cm³/mol. The number of β-amino-alcohol motifs (C(OH)–C–C–N with tert-alkyl or cyclic N) is 1. The van der Waals surface area contributed by atoms with Gasteiger partial charge in [0.2, 0.25) is 0 Å². The Morgan fingerprint density at radius 3 is 3.08 bits per heavy atom. The average molecular weight is 172 g/mol. The Labute approximate surface area is 74.8 Å². The van der Waals surface area contributed by atoms with Crippen LogP contribution >= 0.6 is 0 Å². The molecule has 3 heteroatoms. The lowest BCUT2D eigenvalue weighted by molar-refractivity contribution is 0.108. The maximum Gasteiger partial charge on any atom is 0.0639 e. The third-order valence-electron chi connectivity index (χ3n) is 2.36. The Bertz CT molecular complexity index is 128. The smallest absolute Gasteiger partial charge is 0.0639 e. The Morgan fingerprint density at radius 2 is 2.42 bits per heavy atom. The van der Waals surface area contributed by atoms with E-state index in [1.807, 2.05) is 6.92 Å². The summed E-state index contributed by atoms with van der Waals surface area (Å²) >= 11 is 0. The molecule has 1 saturated heterocycles. The van der Waals surface area contributed by atoms with E-state index < -0.39 is 0 Å². The lowest BCUT2D eigenvalue weighted by Crippen LogP contribution is -2.41. The summed E-state index contributed by atoms with van der Waals surface area (Å²) in [7, 11) is 0. The van der Waals surface area contributed by atoms with E-state index in [9.17, 15) is 5.11 Å². The highest BCUT2D eigenvalue weighted by molar-refractivity contribution is 4.75. The molecule has 0 spiro atoms. The van der Waals surface area contributed by atoms with Gasteiger partial charge >= 0.3 is 0 Å². The van der Waals surface area contributed by atoms with Crippen molar-refractivity contribution in [2.75, 3.05) is 26.2 Å². The molecule has 2 unspecified atom stereocenters. The molecule has 1 rings (SSSR count). The van der Waals surface area contributed by atoms with Crippen molar-refractivity contribution in [2.24, 2.45) is 0 Å². The van der Waals surface area contributed by atoms with Crippen molar-refractivity contribution < 1.29 is 5.11 Å². The molecule has 0 aromatic carbocycles. The van der Waals surface area contributed by atoms with E-state index in [1.54, 1.807) is 0 Å². The molecule has 1 aliphatic rings. The summed E-state index contributed by atoms with van der Waals surface area (Å²) in [6.45, 7) is 8.14. The first-order chi connectivity index (χ1) is 5.70. The first kappa shape index (κ1) is 9.96. The molecular formula is C9H20N2O. The minimum atomic E-state index is -0.203. The van der Waals surface area contributed by atoms with E-state index in [1.165, 1.54) is 6.42 Å². The van der Waals surface area contributed by atoms with Crippen LogP contribution in [-0.2, 0) is 0 Å². The third-order valence-corrected chi connectivity index (χ3v) is 2.36. The van der Waals surface area contributed by atoms with Crippen molar-refractivity contribution in [2.45, 2.75) is 32.4 Å². The number of hydrogen-bond donors (Lipinski definition) is 2. The van der Waals surface area contributed by atoms with Crippen LogP contribution in [0, 0.1) is 0 Å². The van der Waals surface area contributed by atoms with Gasteiger partial charge in [-0.1, -0.05) is 0 Å². The largest absolute Gasteiger partial charge is 0.392 e. The summed E-state index contributed by atoms with van der Waals surface area (Å²) in [5.41, 5.74) is 0. The van der Waals surface area contributed by atoms with Crippen LogP contribution in [0.1, 0.15) is 20.3 Å². The molecule has 0 radical (unpaired) electrons. The van der Waals surface area contributed by atoms with Crippen LogP contribution in [0.5, 0.6) is 0 Å². The van der Waals surface area contributed by atoms with E-state index in [4.69, 9.17) is 0 Å². The van der Waals surface area contributed by atoms with Crippen LogP contribution in [0.3, 0.4) is 0 Å². The average Bonchev–Trinajstić information content (AvgIpc) is 2.16. The zero-order chi connectivity index (χ0) is 8.97. The summed E-state index contributed by atoms with van der Waals surface area (Å²) in [4.78, 5) is 2.35. The van der Waals surface area contributed by atoms with Gasteiger partial charge in [-0.2, -0.15) is 0 Å². The predicted octanol–water partition coefficient (Wildman–Crippen LogP) is 0.0510. The molecule has 0 aliphatic carbocycles. The standard InChI is InChI=1S/C9H20N2O/c1-8-6-10-4-3-5-11(8)7-9(2)12/h8-10,12H,3-7H2,1-2H3. The number of aliphatic hydroxyl groups excluding tert-OH is 1. The summed E-state index contributed by atoms with van der Waals surface area (Å²) in [5.74, 6) is 0. The van der Waals surface area contributed by atoms with Gasteiger partial charge in [-0.3, -0.25) is 4.90 Å². The topological polar surface area (TPSA) is 35.5 Å². The zero-order valence-electron chi connectivity index (χ0n) is 8.08. The van der Waals surface area contributed by atoms with Crippen molar-refractivity contribution in [3.05, 3.63) is 0 Å². The lowest BCUT2D eigenvalue weighted by Gasteiger charge is -2.27. The van der Waals surface area contributed by atoms with Crippen LogP contribution in [0.15, 0.2) is 0 Å². The van der Waals surface area contributed by atoms with E-state index in [0.29, 0.717) is 6.04 Å². The van der Waals surface area contributed by atoms with E-state index in [2.05, 4.69) is 17.1 Å². The van der Waals surface area contributed by atoms with Gasteiger partial charge < -0.3 is 10.4 Å². The minimum Gasteiger partial charge on any atom is -0.392 e. The molecule has 2 N–H and O–H groups in total. The summed E-state index contributed by atoms with van der Waals surface area (Å²) in [6.07, 6.45) is 0.988. The van der Waals surface area contributed by atoms with Crippen LogP contribution < -0.4 is 5.32 Å².